The van der Waals surface area contributed by atoms with E-state index < -0.39 is 0 Å². The Morgan fingerprint density at radius 3 is 0.800 bits per heavy atom. The van der Waals surface area contributed by atoms with Gasteiger partial charge in [-0.05, 0) is 283 Å². The summed E-state index contributed by atoms with van der Waals surface area (Å²) in [4.78, 5) is 25.1. The third-order valence-electron chi connectivity index (χ3n) is 29.4. The van der Waals surface area contributed by atoms with Gasteiger partial charge in [-0.15, -0.1) is 0 Å². The molecule has 0 spiro atoms. The largest absolute Gasteiger partial charge is 0.292 e. The van der Waals surface area contributed by atoms with Gasteiger partial charge in [0.05, 0.1) is 66.6 Å². The van der Waals surface area contributed by atoms with Crippen molar-refractivity contribution >= 4 is 158 Å². The minimum Gasteiger partial charge on any atom is -0.292 e. The fourth-order valence-electron chi connectivity index (χ4n) is 21.9. The highest BCUT2D eigenvalue weighted by molar-refractivity contribution is 6.19. The molecule has 8 aromatic heterocycles. The van der Waals surface area contributed by atoms with Gasteiger partial charge in [0.1, 0.15) is 16.9 Å². The van der Waals surface area contributed by atoms with Crippen LogP contribution >= 0.6 is 0 Å². The van der Waals surface area contributed by atoms with Crippen LogP contribution in [0.4, 0.5) is 0 Å². The normalized spacial score (nSPS) is 11.7. The second-order valence-electron chi connectivity index (χ2n) is 37.8. The molecule has 0 aliphatic rings. The third kappa shape index (κ3) is 14.9. The molecule has 0 saturated carbocycles. The average Bonchev–Trinajstić information content (AvgIpc) is 1.70. The number of pyridine rings is 5. The molecule has 0 bridgehead atoms. The highest BCUT2D eigenvalue weighted by atomic mass is 15.0. The monoisotopic (exact) mass is 1840 g/mol. The smallest absolute Gasteiger partial charge is 0.146 e. The van der Waals surface area contributed by atoms with Crippen LogP contribution in [0.25, 0.3) is 281 Å². The van der Waals surface area contributed by atoms with Crippen molar-refractivity contribution in [2.45, 2.75) is 0 Å². The number of hydrogen-bond acceptors (Lipinski definition) is 5. The first-order valence-corrected chi connectivity index (χ1v) is 49.4. The zero-order valence-corrected chi connectivity index (χ0v) is 78.7. The Hall–Kier alpha value is -19.4. The van der Waals surface area contributed by atoms with Crippen LogP contribution in [0, 0.1) is 0 Å². The molecule has 30 rings (SSSR count). The Labute approximate surface area is 834 Å². The summed E-state index contributed by atoms with van der Waals surface area (Å²) in [5.74, 6) is 0. The second-order valence-corrected chi connectivity index (χ2v) is 37.8. The number of para-hydroxylation sites is 6. The molecule has 0 aliphatic carbocycles. The van der Waals surface area contributed by atoms with Crippen molar-refractivity contribution in [3.63, 3.8) is 0 Å². The summed E-state index contributed by atoms with van der Waals surface area (Å²) in [6.45, 7) is 0. The maximum Gasteiger partial charge on any atom is 0.146 e. The molecular formula is C137H86N8. The highest BCUT2D eigenvalue weighted by Crippen LogP contribution is 2.45. The van der Waals surface area contributed by atoms with Gasteiger partial charge in [0.15, 0.2) is 0 Å². The van der Waals surface area contributed by atoms with Gasteiger partial charge in [0.2, 0.25) is 0 Å². The third-order valence-corrected chi connectivity index (χ3v) is 29.4. The number of aromatic nitrogens is 8. The van der Waals surface area contributed by atoms with Crippen molar-refractivity contribution in [3.05, 3.63) is 522 Å². The standard InChI is InChI=1S/C48H29N3.C47H30N2.C42H27N3/c1-2-9-35-27-36(20-15-30(35)7-1)38-21-24-40-41(28-38)42-29-37(23-26-45(42)51-46-12-6-5-11-44(46)50-48(40)51)31-13-17-33(18-14-31)43-25-22-34-19-16-32-8-3-4-10-39(32)47(34)49-43;1-2-8-31(9-3-1)33-14-16-35(17-15-33)39-24-26-41-42(29-39)43-30-40(25-27-45(43)49-46-13-7-6-12-44(46)48-47(41)49)36-20-18-34(19-21-36)38-23-22-32-10-4-5-11-37(32)28-38;1-2-8-28(9-3-1)29-13-15-30(16-14-29)33-21-23-35-36(26-33)37-27-34(31-17-19-32(20-18-31)38-10-6-7-25-43-38)22-24-40(37)45-41-12-5-4-11-39(41)44-42(35)45/h1-29H;1-30H;1-27H. The zero-order chi connectivity index (χ0) is 95.5. The fraction of sp³-hybridized carbons (Fsp3) is 0. The lowest BCUT2D eigenvalue weighted by Gasteiger charge is -2.13. The summed E-state index contributed by atoms with van der Waals surface area (Å²) in [6.07, 6.45) is 1.84. The van der Waals surface area contributed by atoms with Crippen LogP contribution in [0.15, 0.2) is 522 Å². The molecule has 8 heterocycles. The quantitative estimate of drug-likeness (QED) is 0.121. The van der Waals surface area contributed by atoms with E-state index in [9.17, 15) is 0 Å². The molecule has 145 heavy (non-hydrogen) atoms. The highest BCUT2D eigenvalue weighted by Gasteiger charge is 2.23. The molecule has 0 fully saturated rings. The minimum absolute atomic E-state index is 0.977. The first-order valence-electron chi connectivity index (χ1n) is 49.4. The lowest BCUT2D eigenvalue weighted by molar-refractivity contribution is 1.31. The Balaban J connectivity index is 0.000000106. The molecule has 0 saturated heterocycles. The van der Waals surface area contributed by atoms with Crippen molar-refractivity contribution in [1.29, 1.82) is 0 Å². The van der Waals surface area contributed by atoms with Gasteiger partial charge in [-0.2, -0.15) is 0 Å². The number of benzene rings is 22. The SMILES string of the molecule is c1ccc(-c2ccc(-c3ccc4c(c3)c3cc(-c5ccc(-c6ccc7ccccc7c6)cc5)ccc3n3c5ccccc5nc43)cc2)cc1.c1ccc(-c2ccc(-c3ccc4c(c3)c3cc(-c5ccc(-c6ccccn6)cc5)ccc3n3c5ccccc5nc43)cc2)cc1.c1ccc2cc(-c3ccc4c(c3)c3cc(-c5ccc(-c6ccc7ccc8ccccc8c7n6)cc5)ccc3n3c5ccccc5nc43)ccc2c1. The van der Waals surface area contributed by atoms with Crippen LogP contribution in [-0.4, -0.2) is 38.1 Å². The van der Waals surface area contributed by atoms with Crippen molar-refractivity contribution in [1.82, 2.24) is 38.1 Å². The van der Waals surface area contributed by atoms with E-state index in [1.807, 2.05) is 24.4 Å². The van der Waals surface area contributed by atoms with Gasteiger partial charge in [-0.1, -0.05) is 376 Å². The van der Waals surface area contributed by atoms with Crippen LogP contribution in [0.2, 0.25) is 0 Å². The van der Waals surface area contributed by atoms with Crippen LogP contribution in [0.1, 0.15) is 0 Å². The molecule has 0 amide bonds. The van der Waals surface area contributed by atoms with E-state index in [2.05, 4.69) is 516 Å². The van der Waals surface area contributed by atoms with Crippen molar-refractivity contribution in [3.8, 4) is 123 Å². The minimum atomic E-state index is 0.977. The van der Waals surface area contributed by atoms with Crippen LogP contribution in [0.5, 0.6) is 0 Å². The summed E-state index contributed by atoms with van der Waals surface area (Å²) >= 11 is 0. The molecule has 0 aliphatic heterocycles. The maximum absolute atomic E-state index is 5.15. The summed E-state index contributed by atoms with van der Waals surface area (Å²) in [7, 11) is 0. The Morgan fingerprint density at radius 2 is 0.400 bits per heavy atom. The van der Waals surface area contributed by atoms with Crippen LogP contribution in [0.3, 0.4) is 0 Å². The summed E-state index contributed by atoms with van der Waals surface area (Å²) in [5, 5.41) is 19.2. The van der Waals surface area contributed by atoms with E-state index >= 15 is 0 Å². The Morgan fingerprint density at radius 1 is 0.131 bits per heavy atom. The zero-order valence-electron chi connectivity index (χ0n) is 78.7. The molecule has 0 unspecified atom stereocenters. The Kier molecular flexibility index (Phi) is 20.1. The van der Waals surface area contributed by atoms with Gasteiger partial charge in [-0.3, -0.25) is 18.2 Å². The number of imidazole rings is 3. The number of rotatable bonds is 11. The fourth-order valence-corrected chi connectivity index (χ4v) is 21.9. The number of nitrogens with zero attached hydrogens (tertiary/aromatic N) is 8. The van der Waals surface area contributed by atoms with Gasteiger partial charge in [0.25, 0.3) is 0 Å². The lowest BCUT2D eigenvalue weighted by atomic mass is 9.95. The van der Waals surface area contributed by atoms with E-state index in [0.29, 0.717) is 0 Å². The molecule has 0 N–H and O–H groups in total. The molecule has 0 atom stereocenters. The lowest BCUT2D eigenvalue weighted by Crippen LogP contribution is -1.93. The Bertz CT molecular complexity index is 10400. The van der Waals surface area contributed by atoms with E-state index in [-0.39, 0.29) is 0 Å². The van der Waals surface area contributed by atoms with E-state index in [1.165, 1.54) is 165 Å². The van der Waals surface area contributed by atoms with Crippen molar-refractivity contribution in [2.24, 2.45) is 0 Å². The van der Waals surface area contributed by atoms with E-state index in [0.717, 1.165) is 116 Å². The molecular weight excluding hydrogens is 1760 g/mol. The first kappa shape index (κ1) is 83.7. The molecule has 22 aromatic carbocycles. The molecule has 0 radical (unpaired) electrons. The topological polar surface area (TPSA) is 77.7 Å². The summed E-state index contributed by atoms with van der Waals surface area (Å²) in [6, 6.07) is 185. The van der Waals surface area contributed by atoms with Crippen LogP contribution in [-0.2, 0) is 0 Å². The average molecular weight is 1840 g/mol. The maximum atomic E-state index is 5.15. The first-order chi connectivity index (χ1) is 71.8. The molecule has 8 heteroatoms. The van der Waals surface area contributed by atoms with E-state index in [4.69, 9.17) is 19.9 Å². The van der Waals surface area contributed by atoms with Gasteiger partial charge >= 0.3 is 0 Å². The second kappa shape index (κ2) is 34.9. The molecule has 30 aromatic rings. The number of hydrogen-bond donors (Lipinski definition) is 0. The predicted octanol–water partition coefficient (Wildman–Crippen LogP) is 36.1. The summed E-state index contributed by atoms with van der Waals surface area (Å²) < 4.78 is 6.97. The molecule has 674 valence electrons. The molecule has 8 nitrogen and oxygen atoms in total. The van der Waals surface area contributed by atoms with Gasteiger partial charge in [0, 0.05) is 60.4 Å². The van der Waals surface area contributed by atoms with Gasteiger partial charge in [-0.25, -0.2) is 19.9 Å². The van der Waals surface area contributed by atoms with Gasteiger partial charge < -0.3 is 0 Å². The van der Waals surface area contributed by atoms with E-state index in [1.54, 1.807) is 0 Å². The van der Waals surface area contributed by atoms with Crippen molar-refractivity contribution < 1.29 is 0 Å². The predicted molar refractivity (Wildman–Crippen MR) is 609 cm³/mol. The van der Waals surface area contributed by atoms with Crippen LogP contribution < -0.4 is 0 Å². The number of fused-ring (bicyclic) bond motifs is 29. The summed E-state index contributed by atoms with van der Waals surface area (Å²) in [5.41, 5.74) is 39.6. The van der Waals surface area contributed by atoms with Crippen molar-refractivity contribution in [2.75, 3.05) is 0 Å².